The average Bonchev–Trinajstić information content (AvgIpc) is 2.47. The van der Waals surface area contributed by atoms with Crippen LogP contribution in [-0.2, 0) is 0 Å². The van der Waals surface area contributed by atoms with E-state index < -0.39 is 5.82 Å². The molecule has 1 aliphatic rings. The van der Waals surface area contributed by atoms with Gasteiger partial charge in [-0.25, -0.2) is 14.4 Å². The molecule has 1 unspecified atom stereocenters. The minimum Gasteiger partial charge on any atom is -0.477 e. The molecule has 112 valence electrons. The number of ether oxygens (including phenoxy) is 1. The fraction of sp³-hybridized carbons (Fsp3) is 0.462. The molecular formula is C13H14ClFN4OS. The van der Waals surface area contributed by atoms with Gasteiger partial charge in [0.2, 0.25) is 5.88 Å². The van der Waals surface area contributed by atoms with Crippen molar-refractivity contribution in [2.75, 3.05) is 31.4 Å². The Bertz CT molecular complexity index is 714. The Hall–Kier alpha value is -1.34. The maximum Gasteiger partial charge on any atom is 0.228 e. The monoisotopic (exact) mass is 328 g/mol. The molecule has 0 amide bonds. The largest absolute Gasteiger partial charge is 0.477 e. The second kappa shape index (κ2) is 5.46. The van der Waals surface area contributed by atoms with E-state index >= 15 is 0 Å². The van der Waals surface area contributed by atoms with Gasteiger partial charge in [0.25, 0.3) is 0 Å². The minimum atomic E-state index is -0.639. The molecule has 0 fully saturated rings. The van der Waals surface area contributed by atoms with E-state index in [9.17, 15) is 4.39 Å². The zero-order valence-corrected chi connectivity index (χ0v) is 13.4. The van der Waals surface area contributed by atoms with Gasteiger partial charge in [0.1, 0.15) is 16.7 Å². The molecule has 3 rings (SSSR count). The van der Waals surface area contributed by atoms with E-state index in [0.29, 0.717) is 23.0 Å². The van der Waals surface area contributed by atoms with Crippen molar-refractivity contribution in [2.24, 2.45) is 5.92 Å². The first kappa shape index (κ1) is 14.6. The van der Waals surface area contributed by atoms with Crippen molar-refractivity contribution >= 4 is 40.1 Å². The maximum absolute atomic E-state index is 14.3. The smallest absolute Gasteiger partial charge is 0.228 e. The highest BCUT2D eigenvalue weighted by Crippen LogP contribution is 2.37. The number of thioether (sulfide) groups is 1. The number of pyridine rings is 1. The molecule has 0 aliphatic carbocycles. The number of hydrogen-bond acceptors (Lipinski definition) is 6. The molecule has 2 aromatic rings. The number of aromatic nitrogens is 3. The minimum absolute atomic E-state index is 0.153. The number of rotatable bonds is 1. The van der Waals surface area contributed by atoms with Gasteiger partial charge in [-0.15, -0.1) is 0 Å². The van der Waals surface area contributed by atoms with Crippen molar-refractivity contribution in [1.29, 1.82) is 0 Å². The molecule has 0 saturated carbocycles. The molecule has 2 aromatic heterocycles. The van der Waals surface area contributed by atoms with Crippen LogP contribution in [0.25, 0.3) is 10.9 Å². The Morgan fingerprint density at radius 1 is 1.38 bits per heavy atom. The molecule has 0 saturated heterocycles. The zero-order valence-electron chi connectivity index (χ0n) is 11.9. The van der Waals surface area contributed by atoms with E-state index in [2.05, 4.69) is 21.9 Å². The quantitative estimate of drug-likeness (QED) is 0.455. The summed E-state index contributed by atoms with van der Waals surface area (Å²) >= 11 is 7.22. The van der Waals surface area contributed by atoms with Crippen molar-refractivity contribution in [1.82, 2.24) is 15.0 Å². The fourth-order valence-corrected chi connectivity index (χ4v) is 2.90. The highest BCUT2D eigenvalue weighted by Gasteiger charge is 2.25. The Kier molecular flexibility index (Phi) is 3.79. The Morgan fingerprint density at radius 2 is 2.14 bits per heavy atom. The first-order chi connectivity index (χ1) is 10.0. The number of hydrogen-bond donors (Lipinski definition) is 0. The third kappa shape index (κ3) is 2.48. The van der Waals surface area contributed by atoms with E-state index in [-0.39, 0.29) is 22.5 Å². The topological polar surface area (TPSA) is 51.1 Å². The van der Waals surface area contributed by atoms with Gasteiger partial charge in [0.05, 0.1) is 6.61 Å². The SMILES string of the molecule is CSc1nc2c3c(nc(Cl)c(F)c3n1)OCC(C)CN2C. The van der Waals surface area contributed by atoms with Crippen LogP contribution in [0.1, 0.15) is 6.92 Å². The van der Waals surface area contributed by atoms with E-state index in [4.69, 9.17) is 16.3 Å². The number of halogens is 2. The first-order valence-corrected chi connectivity index (χ1v) is 8.06. The second-order valence-corrected chi connectivity index (χ2v) is 6.21. The third-order valence-electron chi connectivity index (χ3n) is 3.31. The van der Waals surface area contributed by atoms with Crippen molar-refractivity contribution in [3.8, 4) is 5.88 Å². The lowest BCUT2D eigenvalue weighted by Crippen LogP contribution is -2.30. The van der Waals surface area contributed by atoms with Crippen LogP contribution in [0.4, 0.5) is 10.2 Å². The van der Waals surface area contributed by atoms with E-state index in [1.165, 1.54) is 11.8 Å². The van der Waals surface area contributed by atoms with Gasteiger partial charge < -0.3 is 9.64 Å². The molecule has 0 aromatic carbocycles. The van der Waals surface area contributed by atoms with Gasteiger partial charge in [-0.2, -0.15) is 4.98 Å². The van der Waals surface area contributed by atoms with Crippen LogP contribution in [0.2, 0.25) is 5.15 Å². The van der Waals surface area contributed by atoms with E-state index in [1.807, 2.05) is 18.2 Å². The molecule has 0 spiro atoms. The van der Waals surface area contributed by atoms with Gasteiger partial charge in [-0.3, -0.25) is 0 Å². The summed E-state index contributed by atoms with van der Waals surface area (Å²) in [5.41, 5.74) is 0.153. The van der Waals surface area contributed by atoms with Gasteiger partial charge in [-0.05, 0) is 6.26 Å². The summed E-state index contributed by atoms with van der Waals surface area (Å²) in [5, 5.41) is 0.735. The van der Waals surface area contributed by atoms with Crippen LogP contribution in [-0.4, -0.2) is 41.4 Å². The van der Waals surface area contributed by atoms with Gasteiger partial charge in [-0.1, -0.05) is 30.3 Å². The summed E-state index contributed by atoms with van der Waals surface area (Å²) in [6.45, 7) is 3.31. The Balaban J connectivity index is 2.38. The standard InChI is InChI=1S/C13H14ClFN4OS/c1-6-4-19(2)11-7-9(16-13(18-11)21-3)8(15)10(14)17-12(7)20-5-6/h6H,4-5H2,1-3H3. The maximum atomic E-state index is 14.3. The van der Waals surface area contributed by atoms with Gasteiger partial charge in [0, 0.05) is 19.5 Å². The summed E-state index contributed by atoms with van der Waals surface area (Å²) in [6, 6.07) is 0. The van der Waals surface area contributed by atoms with Crippen molar-refractivity contribution in [3.63, 3.8) is 0 Å². The molecule has 1 atom stereocenters. The molecule has 0 radical (unpaired) electrons. The predicted octanol–water partition coefficient (Wildman–Crippen LogP) is 3.00. The predicted molar refractivity (Wildman–Crippen MR) is 82.0 cm³/mol. The molecule has 21 heavy (non-hydrogen) atoms. The highest BCUT2D eigenvalue weighted by molar-refractivity contribution is 7.98. The molecule has 8 heteroatoms. The first-order valence-electron chi connectivity index (χ1n) is 6.46. The van der Waals surface area contributed by atoms with E-state index in [0.717, 1.165) is 6.54 Å². The Morgan fingerprint density at radius 3 is 2.86 bits per heavy atom. The summed E-state index contributed by atoms with van der Waals surface area (Å²) < 4.78 is 20.0. The molecule has 0 N–H and O–H groups in total. The number of nitrogens with zero attached hydrogens (tertiary/aromatic N) is 4. The van der Waals surface area contributed by atoms with E-state index in [1.54, 1.807) is 0 Å². The van der Waals surface area contributed by atoms with Gasteiger partial charge in [0.15, 0.2) is 16.1 Å². The molecule has 3 heterocycles. The van der Waals surface area contributed by atoms with Crippen molar-refractivity contribution in [3.05, 3.63) is 11.0 Å². The molecular weight excluding hydrogens is 315 g/mol. The molecule has 5 nitrogen and oxygen atoms in total. The molecule has 1 aliphatic heterocycles. The van der Waals surface area contributed by atoms with Crippen LogP contribution >= 0.6 is 23.4 Å². The van der Waals surface area contributed by atoms with Crippen LogP contribution in [0.15, 0.2) is 5.16 Å². The van der Waals surface area contributed by atoms with Gasteiger partial charge >= 0.3 is 0 Å². The summed E-state index contributed by atoms with van der Waals surface area (Å²) in [4.78, 5) is 14.7. The van der Waals surface area contributed by atoms with Crippen LogP contribution < -0.4 is 9.64 Å². The third-order valence-corrected chi connectivity index (χ3v) is 4.10. The van der Waals surface area contributed by atoms with Crippen molar-refractivity contribution < 1.29 is 9.13 Å². The zero-order chi connectivity index (χ0) is 15.1. The average molecular weight is 329 g/mol. The van der Waals surface area contributed by atoms with Crippen LogP contribution in [0.5, 0.6) is 5.88 Å². The Labute approximate surface area is 130 Å². The lowest BCUT2D eigenvalue weighted by molar-refractivity contribution is 0.253. The number of anilines is 1. The second-order valence-electron chi connectivity index (χ2n) is 5.08. The normalized spacial score (nSPS) is 18.3. The lowest BCUT2D eigenvalue weighted by atomic mass is 10.1. The van der Waals surface area contributed by atoms with Crippen LogP contribution in [0.3, 0.4) is 0 Å². The summed E-state index contributed by atoms with van der Waals surface area (Å²) in [5.74, 6) is 0.558. The van der Waals surface area contributed by atoms with Crippen molar-refractivity contribution in [2.45, 2.75) is 12.1 Å². The summed E-state index contributed by atoms with van der Waals surface area (Å²) in [6.07, 6.45) is 1.84. The summed E-state index contributed by atoms with van der Waals surface area (Å²) in [7, 11) is 1.92. The fourth-order valence-electron chi connectivity index (χ4n) is 2.38. The highest BCUT2D eigenvalue weighted by atomic mass is 35.5. The van der Waals surface area contributed by atoms with Crippen LogP contribution in [0, 0.1) is 11.7 Å². The molecule has 0 bridgehead atoms. The lowest BCUT2D eigenvalue weighted by Gasteiger charge is -2.27.